The Balaban J connectivity index is 1.99. The Morgan fingerprint density at radius 1 is 1.25 bits per heavy atom. The predicted molar refractivity (Wildman–Crippen MR) is 78.9 cm³/mol. The summed E-state index contributed by atoms with van der Waals surface area (Å²) in [5.74, 6) is -0.187. The molecule has 0 atom stereocenters. The van der Waals surface area contributed by atoms with Gasteiger partial charge in [-0.25, -0.2) is 4.39 Å². The molecule has 0 saturated heterocycles. The summed E-state index contributed by atoms with van der Waals surface area (Å²) in [6, 6.07) is 12.3. The second-order valence-electron chi connectivity index (χ2n) is 4.67. The Morgan fingerprint density at radius 3 is 2.75 bits per heavy atom. The molecule has 0 aliphatic rings. The summed E-state index contributed by atoms with van der Waals surface area (Å²) in [7, 11) is 0. The van der Waals surface area contributed by atoms with Crippen molar-refractivity contribution < 1.29 is 4.39 Å². The first kappa shape index (κ1) is 13.9. The topological polar surface area (TPSA) is 61.8 Å². The lowest BCUT2D eigenvalue weighted by molar-refractivity contribution is 0.617. The number of benzene rings is 2. The monoisotopic (exact) mass is 269 g/mol. The third kappa shape index (κ3) is 3.27. The van der Waals surface area contributed by atoms with Crippen molar-refractivity contribution in [1.82, 2.24) is 0 Å². The average molecular weight is 269 g/mol. The molecular weight excluding hydrogens is 253 g/mol. The van der Waals surface area contributed by atoms with Crippen LogP contribution in [0.4, 0.5) is 15.8 Å². The molecule has 0 unspecified atom stereocenters. The van der Waals surface area contributed by atoms with Gasteiger partial charge in [0.1, 0.15) is 5.82 Å². The number of nitriles is 1. The maximum atomic E-state index is 13.2. The van der Waals surface area contributed by atoms with E-state index in [1.165, 1.54) is 6.07 Å². The SMILES string of the molecule is Cc1cc(CCNc2cc(C#N)ccc2N)ccc1F. The van der Waals surface area contributed by atoms with Crippen LogP contribution in [0.2, 0.25) is 0 Å². The molecule has 2 aromatic carbocycles. The van der Waals surface area contributed by atoms with Gasteiger partial charge < -0.3 is 11.1 Å². The first-order valence-corrected chi connectivity index (χ1v) is 6.38. The molecule has 0 amide bonds. The van der Waals surface area contributed by atoms with Gasteiger partial charge in [-0.05, 0) is 48.7 Å². The minimum Gasteiger partial charge on any atom is -0.397 e. The molecule has 0 aliphatic heterocycles. The summed E-state index contributed by atoms with van der Waals surface area (Å²) in [5, 5.41) is 12.1. The summed E-state index contributed by atoms with van der Waals surface area (Å²) in [6.07, 6.45) is 0.761. The van der Waals surface area contributed by atoms with Gasteiger partial charge in [-0.3, -0.25) is 0 Å². The Bertz CT molecular complexity index is 659. The number of nitrogens with two attached hydrogens (primary N) is 1. The molecule has 3 N–H and O–H groups in total. The Kier molecular flexibility index (Phi) is 4.21. The molecule has 20 heavy (non-hydrogen) atoms. The van der Waals surface area contributed by atoms with Crippen molar-refractivity contribution in [1.29, 1.82) is 5.26 Å². The van der Waals surface area contributed by atoms with Crippen molar-refractivity contribution in [3.8, 4) is 6.07 Å². The van der Waals surface area contributed by atoms with Crippen LogP contribution in [-0.4, -0.2) is 6.54 Å². The van der Waals surface area contributed by atoms with Gasteiger partial charge in [-0.2, -0.15) is 5.26 Å². The lowest BCUT2D eigenvalue weighted by atomic mass is 10.1. The first-order chi connectivity index (χ1) is 9.60. The molecule has 0 saturated carbocycles. The van der Waals surface area contributed by atoms with Crippen molar-refractivity contribution in [2.24, 2.45) is 0 Å². The van der Waals surface area contributed by atoms with Crippen molar-refractivity contribution in [2.75, 3.05) is 17.6 Å². The first-order valence-electron chi connectivity index (χ1n) is 6.38. The Labute approximate surface area is 117 Å². The highest BCUT2D eigenvalue weighted by Gasteiger charge is 2.02. The minimum absolute atomic E-state index is 0.187. The molecule has 0 aromatic heterocycles. The van der Waals surface area contributed by atoms with Crippen LogP contribution in [0.15, 0.2) is 36.4 Å². The van der Waals surface area contributed by atoms with Gasteiger partial charge in [0.25, 0.3) is 0 Å². The van der Waals surface area contributed by atoms with Gasteiger partial charge in [0.05, 0.1) is 23.0 Å². The fourth-order valence-corrected chi connectivity index (χ4v) is 1.98. The van der Waals surface area contributed by atoms with Crippen LogP contribution in [-0.2, 0) is 6.42 Å². The number of aryl methyl sites for hydroxylation is 1. The quantitative estimate of drug-likeness (QED) is 0.837. The van der Waals surface area contributed by atoms with E-state index in [-0.39, 0.29) is 5.82 Å². The van der Waals surface area contributed by atoms with Gasteiger partial charge in [0.15, 0.2) is 0 Å². The number of nitrogen functional groups attached to an aromatic ring is 1. The van der Waals surface area contributed by atoms with Gasteiger partial charge >= 0.3 is 0 Å². The zero-order valence-electron chi connectivity index (χ0n) is 11.3. The van der Waals surface area contributed by atoms with Crippen LogP contribution in [0, 0.1) is 24.1 Å². The van der Waals surface area contributed by atoms with Crippen molar-refractivity contribution in [2.45, 2.75) is 13.3 Å². The van der Waals surface area contributed by atoms with E-state index in [0.717, 1.165) is 17.7 Å². The van der Waals surface area contributed by atoms with Gasteiger partial charge in [0, 0.05) is 6.54 Å². The van der Waals surface area contributed by atoms with Crippen molar-refractivity contribution in [3.63, 3.8) is 0 Å². The highest BCUT2D eigenvalue weighted by atomic mass is 19.1. The molecule has 0 bridgehead atoms. The van der Waals surface area contributed by atoms with Gasteiger partial charge in [-0.15, -0.1) is 0 Å². The lowest BCUT2D eigenvalue weighted by Gasteiger charge is -2.10. The molecule has 2 aromatic rings. The van der Waals surface area contributed by atoms with Crippen LogP contribution in [0.5, 0.6) is 0 Å². The van der Waals surface area contributed by atoms with Gasteiger partial charge in [-0.1, -0.05) is 12.1 Å². The zero-order chi connectivity index (χ0) is 14.5. The lowest BCUT2D eigenvalue weighted by Crippen LogP contribution is -2.07. The van der Waals surface area contributed by atoms with Crippen LogP contribution >= 0.6 is 0 Å². The zero-order valence-corrected chi connectivity index (χ0v) is 11.3. The molecule has 0 fully saturated rings. The van der Waals surface area contributed by atoms with Crippen molar-refractivity contribution >= 4 is 11.4 Å². The van der Waals surface area contributed by atoms with E-state index in [1.54, 1.807) is 31.2 Å². The average Bonchev–Trinajstić information content (AvgIpc) is 2.45. The molecule has 0 heterocycles. The fourth-order valence-electron chi connectivity index (χ4n) is 1.98. The predicted octanol–water partition coefficient (Wildman–Crippen LogP) is 3.24. The number of rotatable bonds is 4. The van der Waals surface area contributed by atoms with Crippen LogP contribution in [0.1, 0.15) is 16.7 Å². The van der Waals surface area contributed by atoms with Crippen LogP contribution in [0.25, 0.3) is 0 Å². The molecule has 0 radical (unpaired) electrons. The molecule has 4 heteroatoms. The van der Waals surface area contributed by atoms with Crippen LogP contribution < -0.4 is 11.1 Å². The number of hydrogen-bond donors (Lipinski definition) is 2. The number of nitrogens with zero attached hydrogens (tertiary/aromatic N) is 1. The van der Waals surface area contributed by atoms with E-state index in [4.69, 9.17) is 11.0 Å². The van der Waals surface area contributed by atoms with Gasteiger partial charge in [0.2, 0.25) is 0 Å². The number of anilines is 2. The van der Waals surface area contributed by atoms with E-state index in [2.05, 4.69) is 11.4 Å². The molecule has 0 aliphatic carbocycles. The highest BCUT2D eigenvalue weighted by molar-refractivity contribution is 5.68. The number of hydrogen-bond acceptors (Lipinski definition) is 3. The Hall–Kier alpha value is -2.54. The summed E-state index contributed by atoms with van der Waals surface area (Å²) >= 11 is 0. The molecule has 3 nitrogen and oxygen atoms in total. The smallest absolute Gasteiger partial charge is 0.126 e. The number of halogens is 1. The highest BCUT2D eigenvalue weighted by Crippen LogP contribution is 2.19. The maximum absolute atomic E-state index is 13.2. The summed E-state index contributed by atoms with van der Waals surface area (Å²) in [5.41, 5.74) is 9.49. The van der Waals surface area contributed by atoms with E-state index in [0.29, 0.717) is 23.4 Å². The summed E-state index contributed by atoms with van der Waals surface area (Å²) in [6.45, 7) is 2.42. The maximum Gasteiger partial charge on any atom is 0.126 e. The standard InChI is InChI=1S/C16H16FN3/c1-11-8-12(2-4-14(11)17)6-7-20-16-9-13(10-18)3-5-15(16)19/h2-5,8-9,20H,6-7,19H2,1H3. The van der Waals surface area contributed by atoms with Crippen LogP contribution in [0.3, 0.4) is 0 Å². The second kappa shape index (κ2) is 6.07. The normalized spacial score (nSPS) is 10.1. The van der Waals surface area contributed by atoms with E-state index >= 15 is 0 Å². The molecule has 2 rings (SSSR count). The largest absolute Gasteiger partial charge is 0.397 e. The minimum atomic E-state index is -0.187. The molecular formula is C16H16FN3. The van der Waals surface area contributed by atoms with E-state index < -0.39 is 0 Å². The summed E-state index contributed by atoms with van der Waals surface area (Å²) in [4.78, 5) is 0. The van der Waals surface area contributed by atoms with E-state index in [1.807, 2.05) is 6.07 Å². The number of nitrogens with one attached hydrogen (secondary N) is 1. The molecule has 0 spiro atoms. The Morgan fingerprint density at radius 2 is 2.05 bits per heavy atom. The summed E-state index contributed by atoms with van der Waals surface area (Å²) < 4.78 is 13.2. The second-order valence-corrected chi connectivity index (χ2v) is 4.67. The third-order valence-electron chi connectivity index (χ3n) is 3.13. The third-order valence-corrected chi connectivity index (χ3v) is 3.13. The van der Waals surface area contributed by atoms with E-state index in [9.17, 15) is 4.39 Å². The fraction of sp³-hybridized carbons (Fsp3) is 0.188. The van der Waals surface area contributed by atoms with Crippen molar-refractivity contribution in [3.05, 3.63) is 58.9 Å². The molecule has 102 valence electrons.